The van der Waals surface area contributed by atoms with Crippen LogP contribution in [0.15, 0.2) is 48.5 Å². The van der Waals surface area contributed by atoms with Crippen molar-refractivity contribution in [3.05, 3.63) is 54.3 Å². The van der Waals surface area contributed by atoms with Crippen molar-refractivity contribution in [3.8, 4) is 0 Å². The Hall–Kier alpha value is -3.30. The molecule has 2 saturated heterocycles. The second-order valence-corrected chi connectivity index (χ2v) is 8.35. The third-order valence-electron chi connectivity index (χ3n) is 5.84. The molecule has 8 nitrogen and oxygen atoms in total. The summed E-state index contributed by atoms with van der Waals surface area (Å²) in [5, 5.41) is 5.61. The number of rotatable bonds is 7. The van der Waals surface area contributed by atoms with Crippen molar-refractivity contribution in [1.82, 2.24) is 9.80 Å². The van der Waals surface area contributed by atoms with Crippen molar-refractivity contribution < 1.29 is 18.8 Å². The smallest absolute Gasteiger partial charge is 0.238 e. The van der Waals surface area contributed by atoms with Crippen LogP contribution in [0.2, 0.25) is 0 Å². The van der Waals surface area contributed by atoms with Crippen LogP contribution in [0.1, 0.15) is 12.8 Å². The molecule has 2 aromatic rings. The SMILES string of the molecule is O=C(CN1CCN(CC(=O)Nc2cccc(F)c2)CC1)Nc1ccc(N2CCCC2=O)cc1. The fourth-order valence-corrected chi connectivity index (χ4v) is 4.12. The molecule has 174 valence electrons. The number of hydrogen-bond donors (Lipinski definition) is 2. The summed E-state index contributed by atoms with van der Waals surface area (Å²) in [4.78, 5) is 42.3. The van der Waals surface area contributed by atoms with Crippen LogP contribution in [0.25, 0.3) is 0 Å². The fraction of sp³-hybridized carbons (Fsp3) is 0.375. The molecule has 0 unspecified atom stereocenters. The van der Waals surface area contributed by atoms with Crippen LogP contribution in [0.4, 0.5) is 21.5 Å². The van der Waals surface area contributed by atoms with Crippen LogP contribution in [0.3, 0.4) is 0 Å². The molecule has 0 spiro atoms. The number of carbonyl (C=O) groups excluding carboxylic acids is 3. The highest BCUT2D eigenvalue weighted by Crippen LogP contribution is 2.23. The predicted octanol–water partition coefficient (Wildman–Crippen LogP) is 2.15. The summed E-state index contributed by atoms with van der Waals surface area (Å²) in [5.41, 5.74) is 1.99. The van der Waals surface area contributed by atoms with Gasteiger partial charge in [-0.1, -0.05) is 6.07 Å². The lowest BCUT2D eigenvalue weighted by Gasteiger charge is -2.33. The van der Waals surface area contributed by atoms with Gasteiger partial charge in [0.25, 0.3) is 0 Å². The maximum atomic E-state index is 13.2. The van der Waals surface area contributed by atoms with Crippen LogP contribution in [0, 0.1) is 5.82 Å². The van der Waals surface area contributed by atoms with E-state index in [1.807, 2.05) is 34.1 Å². The largest absolute Gasteiger partial charge is 0.325 e. The molecule has 2 aliphatic rings. The van der Waals surface area contributed by atoms with E-state index >= 15 is 0 Å². The van der Waals surface area contributed by atoms with Gasteiger partial charge in [-0.15, -0.1) is 0 Å². The average Bonchev–Trinajstić information content (AvgIpc) is 3.21. The molecule has 0 bridgehead atoms. The molecule has 9 heteroatoms. The van der Waals surface area contributed by atoms with Crippen LogP contribution in [-0.4, -0.2) is 73.3 Å². The first kappa shape index (κ1) is 22.9. The predicted molar refractivity (Wildman–Crippen MR) is 125 cm³/mol. The van der Waals surface area contributed by atoms with Crippen LogP contribution in [-0.2, 0) is 14.4 Å². The third-order valence-corrected chi connectivity index (χ3v) is 5.84. The van der Waals surface area contributed by atoms with E-state index in [0.717, 1.165) is 18.7 Å². The lowest BCUT2D eigenvalue weighted by Crippen LogP contribution is -2.50. The minimum Gasteiger partial charge on any atom is -0.325 e. The number of benzene rings is 2. The standard InChI is InChI=1S/C24H28FN5O3/c25-18-3-1-4-20(15-18)27-23(32)17-29-13-11-28(12-14-29)16-22(31)26-19-6-8-21(9-7-19)30-10-2-5-24(30)33/h1,3-4,6-9,15H,2,5,10-14,16-17H2,(H,26,31)(H,27,32). The number of anilines is 3. The van der Waals surface area contributed by atoms with Gasteiger partial charge < -0.3 is 15.5 Å². The topological polar surface area (TPSA) is 85.0 Å². The van der Waals surface area contributed by atoms with Gasteiger partial charge in [-0.3, -0.25) is 24.2 Å². The highest BCUT2D eigenvalue weighted by molar-refractivity contribution is 5.96. The Bertz CT molecular complexity index is 1010. The van der Waals surface area contributed by atoms with E-state index in [-0.39, 0.29) is 30.8 Å². The number of hydrogen-bond acceptors (Lipinski definition) is 5. The van der Waals surface area contributed by atoms with E-state index in [9.17, 15) is 18.8 Å². The first-order chi connectivity index (χ1) is 16.0. The number of carbonyl (C=O) groups is 3. The third kappa shape index (κ3) is 6.36. The van der Waals surface area contributed by atoms with Crippen LogP contribution in [0.5, 0.6) is 0 Å². The minimum atomic E-state index is -0.391. The van der Waals surface area contributed by atoms with Crippen molar-refractivity contribution in [3.63, 3.8) is 0 Å². The van der Waals surface area contributed by atoms with Crippen molar-refractivity contribution in [2.75, 3.05) is 61.3 Å². The number of halogens is 1. The molecule has 33 heavy (non-hydrogen) atoms. The monoisotopic (exact) mass is 453 g/mol. The molecule has 0 saturated carbocycles. The second kappa shape index (κ2) is 10.5. The molecule has 2 N–H and O–H groups in total. The zero-order valence-corrected chi connectivity index (χ0v) is 18.4. The summed E-state index contributed by atoms with van der Waals surface area (Å²) in [5.74, 6) is -0.544. The van der Waals surface area contributed by atoms with Gasteiger partial charge in [-0.05, 0) is 48.9 Å². The van der Waals surface area contributed by atoms with E-state index < -0.39 is 5.82 Å². The fourth-order valence-electron chi connectivity index (χ4n) is 4.12. The zero-order chi connectivity index (χ0) is 23.2. The highest BCUT2D eigenvalue weighted by Gasteiger charge is 2.22. The van der Waals surface area contributed by atoms with Crippen molar-refractivity contribution in [2.45, 2.75) is 12.8 Å². The Morgan fingerprint density at radius 2 is 1.42 bits per heavy atom. The lowest BCUT2D eigenvalue weighted by atomic mass is 10.2. The summed E-state index contributed by atoms with van der Waals surface area (Å²) < 4.78 is 13.2. The molecular weight excluding hydrogens is 425 g/mol. The van der Waals surface area contributed by atoms with E-state index in [2.05, 4.69) is 10.6 Å². The molecule has 0 atom stereocenters. The molecule has 2 aromatic carbocycles. The molecule has 3 amide bonds. The number of nitrogens with one attached hydrogen (secondary N) is 2. The second-order valence-electron chi connectivity index (χ2n) is 8.35. The first-order valence-electron chi connectivity index (χ1n) is 11.2. The van der Waals surface area contributed by atoms with Gasteiger partial charge in [0.1, 0.15) is 5.82 Å². The normalized spacial score (nSPS) is 17.2. The van der Waals surface area contributed by atoms with Gasteiger partial charge in [0.05, 0.1) is 13.1 Å². The zero-order valence-electron chi connectivity index (χ0n) is 18.4. The molecule has 0 aliphatic carbocycles. The van der Waals surface area contributed by atoms with Crippen molar-refractivity contribution in [2.24, 2.45) is 0 Å². The Labute approximate surface area is 192 Å². The molecule has 0 radical (unpaired) electrons. The van der Waals surface area contributed by atoms with Gasteiger partial charge in [0.15, 0.2) is 0 Å². The van der Waals surface area contributed by atoms with Crippen molar-refractivity contribution >= 4 is 34.8 Å². The molecule has 4 rings (SSSR count). The number of piperazine rings is 1. The summed E-state index contributed by atoms with van der Waals surface area (Å²) >= 11 is 0. The number of nitrogens with zero attached hydrogens (tertiary/aromatic N) is 3. The molecular formula is C24H28FN5O3. The summed E-state index contributed by atoms with van der Waals surface area (Å²) in [6, 6.07) is 13.2. The van der Waals surface area contributed by atoms with Crippen LogP contribution >= 0.6 is 0 Å². The minimum absolute atomic E-state index is 0.0997. The summed E-state index contributed by atoms with van der Waals surface area (Å²) in [6.45, 7) is 3.93. The Kier molecular flexibility index (Phi) is 7.31. The lowest BCUT2D eigenvalue weighted by molar-refractivity contribution is -0.120. The maximum Gasteiger partial charge on any atom is 0.238 e. The molecule has 2 heterocycles. The summed E-state index contributed by atoms with van der Waals surface area (Å²) in [6.07, 6.45) is 1.46. The van der Waals surface area contributed by atoms with E-state index in [0.29, 0.717) is 44.0 Å². The molecule has 2 aliphatic heterocycles. The van der Waals surface area contributed by atoms with E-state index in [4.69, 9.17) is 0 Å². The van der Waals surface area contributed by atoms with Gasteiger partial charge in [0, 0.05) is 56.2 Å². The Balaban J connectivity index is 1.18. The summed E-state index contributed by atoms with van der Waals surface area (Å²) in [7, 11) is 0. The van der Waals surface area contributed by atoms with Gasteiger partial charge in [-0.25, -0.2) is 4.39 Å². The van der Waals surface area contributed by atoms with Crippen molar-refractivity contribution in [1.29, 1.82) is 0 Å². The molecule has 0 aromatic heterocycles. The van der Waals surface area contributed by atoms with E-state index in [1.54, 1.807) is 17.0 Å². The van der Waals surface area contributed by atoms with E-state index in [1.165, 1.54) is 12.1 Å². The average molecular weight is 454 g/mol. The Morgan fingerprint density at radius 3 is 1.97 bits per heavy atom. The van der Waals surface area contributed by atoms with Gasteiger partial charge >= 0.3 is 0 Å². The molecule has 2 fully saturated rings. The number of amides is 3. The Morgan fingerprint density at radius 1 is 0.818 bits per heavy atom. The quantitative estimate of drug-likeness (QED) is 0.671. The van der Waals surface area contributed by atoms with Crippen LogP contribution < -0.4 is 15.5 Å². The van der Waals surface area contributed by atoms with Gasteiger partial charge in [0.2, 0.25) is 17.7 Å². The highest BCUT2D eigenvalue weighted by atomic mass is 19.1. The first-order valence-corrected chi connectivity index (χ1v) is 11.2. The van der Waals surface area contributed by atoms with Gasteiger partial charge in [-0.2, -0.15) is 0 Å². The maximum absolute atomic E-state index is 13.2.